The molecule has 4 heteroatoms. The zero-order chi connectivity index (χ0) is 15.0. The van der Waals surface area contributed by atoms with Gasteiger partial charge in [0, 0.05) is 5.56 Å². The molecule has 0 spiro atoms. The number of hydrogen-bond donors (Lipinski definition) is 1. The van der Waals surface area contributed by atoms with Crippen LogP contribution in [0.4, 0.5) is 5.13 Å². The molecule has 3 rings (SSSR count). The summed E-state index contributed by atoms with van der Waals surface area (Å²) in [4.78, 5) is 16.9. The molecule has 0 unspecified atom stereocenters. The first-order valence-electron chi connectivity index (χ1n) is 6.79. The van der Waals surface area contributed by atoms with Gasteiger partial charge in [0.15, 0.2) is 5.13 Å². The summed E-state index contributed by atoms with van der Waals surface area (Å²) in [6.07, 6.45) is 0. The molecule has 1 heterocycles. The number of para-hydroxylation sites is 1. The standard InChI is InChI=1S/C17H16N2OS/c1-10-7-8-11(2)13(9-10)16(20)19-17-18-15-12(3)5-4-6-14(15)21-17/h4-9H,1-3H3,(H,18,19,20). The third-order valence-corrected chi connectivity index (χ3v) is 4.41. The van der Waals surface area contributed by atoms with Gasteiger partial charge in [-0.05, 0) is 44.0 Å². The smallest absolute Gasteiger partial charge is 0.257 e. The number of benzene rings is 2. The van der Waals surface area contributed by atoms with Gasteiger partial charge in [0.05, 0.1) is 10.2 Å². The van der Waals surface area contributed by atoms with E-state index in [-0.39, 0.29) is 5.91 Å². The lowest BCUT2D eigenvalue weighted by Crippen LogP contribution is -2.13. The van der Waals surface area contributed by atoms with Gasteiger partial charge in [-0.2, -0.15) is 0 Å². The molecule has 0 aliphatic rings. The Bertz CT molecular complexity index is 836. The molecule has 21 heavy (non-hydrogen) atoms. The number of carbonyl (C=O) groups excluding carboxylic acids is 1. The molecule has 0 aliphatic carbocycles. The Kier molecular flexibility index (Phi) is 3.47. The highest BCUT2D eigenvalue weighted by atomic mass is 32.1. The van der Waals surface area contributed by atoms with Crippen molar-refractivity contribution < 1.29 is 4.79 Å². The highest BCUT2D eigenvalue weighted by Crippen LogP contribution is 2.28. The number of aryl methyl sites for hydroxylation is 3. The normalized spacial score (nSPS) is 10.8. The lowest BCUT2D eigenvalue weighted by molar-refractivity contribution is 0.102. The van der Waals surface area contributed by atoms with Gasteiger partial charge < -0.3 is 0 Å². The minimum absolute atomic E-state index is 0.104. The van der Waals surface area contributed by atoms with E-state index in [1.165, 1.54) is 11.3 Å². The predicted molar refractivity (Wildman–Crippen MR) is 88.2 cm³/mol. The SMILES string of the molecule is Cc1ccc(C)c(C(=O)Nc2nc3c(C)cccc3s2)c1. The van der Waals surface area contributed by atoms with Crippen LogP contribution in [0.1, 0.15) is 27.0 Å². The number of carbonyl (C=O) groups is 1. The van der Waals surface area contributed by atoms with Gasteiger partial charge in [0.25, 0.3) is 5.91 Å². The first kappa shape index (κ1) is 13.8. The second-order valence-corrected chi connectivity index (χ2v) is 6.24. The van der Waals surface area contributed by atoms with Gasteiger partial charge >= 0.3 is 0 Å². The van der Waals surface area contributed by atoms with Crippen molar-refractivity contribution in [2.24, 2.45) is 0 Å². The molecule has 0 saturated carbocycles. The van der Waals surface area contributed by atoms with Crippen molar-refractivity contribution in [1.82, 2.24) is 4.98 Å². The van der Waals surface area contributed by atoms with Crippen molar-refractivity contribution in [2.45, 2.75) is 20.8 Å². The van der Waals surface area contributed by atoms with Gasteiger partial charge in [0.2, 0.25) is 0 Å². The third kappa shape index (κ3) is 2.67. The zero-order valence-electron chi connectivity index (χ0n) is 12.2. The molecule has 0 fully saturated rings. The van der Waals surface area contributed by atoms with Crippen LogP contribution < -0.4 is 5.32 Å². The summed E-state index contributed by atoms with van der Waals surface area (Å²) in [5, 5.41) is 3.56. The topological polar surface area (TPSA) is 42.0 Å². The van der Waals surface area contributed by atoms with Crippen LogP contribution in [-0.2, 0) is 0 Å². The van der Waals surface area contributed by atoms with Crippen molar-refractivity contribution >= 4 is 32.6 Å². The molecule has 0 radical (unpaired) electrons. The molecule has 1 N–H and O–H groups in total. The Balaban J connectivity index is 1.93. The number of anilines is 1. The maximum atomic E-state index is 12.4. The predicted octanol–water partition coefficient (Wildman–Crippen LogP) is 4.47. The Morgan fingerprint density at radius 2 is 1.90 bits per heavy atom. The zero-order valence-corrected chi connectivity index (χ0v) is 13.0. The van der Waals surface area contributed by atoms with Gasteiger partial charge in [-0.3, -0.25) is 10.1 Å². The number of nitrogens with zero attached hydrogens (tertiary/aromatic N) is 1. The molecular formula is C17H16N2OS. The number of thiazole rings is 1. The molecule has 2 aromatic carbocycles. The number of fused-ring (bicyclic) bond motifs is 1. The van der Waals surface area contributed by atoms with Gasteiger partial charge in [-0.25, -0.2) is 4.98 Å². The minimum Gasteiger partial charge on any atom is -0.298 e. The van der Waals surface area contributed by atoms with Crippen molar-refractivity contribution in [3.63, 3.8) is 0 Å². The van der Waals surface area contributed by atoms with E-state index >= 15 is 0 Å². The summed E-state index contributed by atoms with van der Waals surface area (Å²) in [6, 6.07) is 11.9. The molecule has 3 aromatic rings. The summed E-state index contributed by atoms with van der Waals surface area (Å²) < 4.78 is 1.09. The lowest BCUT2D eigenvalue weighted by atomic mass is 10.1. The highest BCUT2D eigenvalue weighted by Gasteiger charge is 2.12. The van der Waals surface area contributed by atoms with E-state index in [2.05, 4.69) is 10.3 Å². The summed E-state index contributed by atoms with van der Waals surface area (Å²) in [5.74, 6) is -0.104. The molecule has 3 nitrogen and oxygen atoms in total. The van der Waals surface area contributed by atoms with Crippen LogP contribution in [0.2, 0.25) is 0 Å². The van der Waals surface area contributed by atoms with E-state index in [4.69, 9.17) is 0 Å². The van der Waals surface area contributed by atoms with Crippen LogP contribution in [0.3, 0.4) is 0 Å². The molecule has 1 aromatic heterocycles. The van der Waals surface area contributed by atoms with Crippen molar-refractivity contribution in [1.29, 1.82) is 0 Å². The second kappa shape index (κ2) is 5.30. The summed E-state index contributed by atoms with van der Waals surface area (Å²) >= 11 is 1.50. The van der Waals surface area contributed by atoms with E-state index in [1.807, 2.05) is 57.2 Å². The average Bonchev–Trinajstić information content (AvgIpc) is 2.85. The Hall–Kier alpha value is -2.20. The van der Waals surface area contributed by atoms with Crippen LogP contribution in [0, 0.1) is 20.8 Å². The van der Waals surface area contributed by atoms with Crippen LogP contribution in [-0.4, -0.2) is 10.9 Å². The van der Waals surface area contributed by atoms with Crippen molar-refractivity contribution in [2.75, 3.05) is 5.32 Å². The molecule has 106 valence electrons. The van der Waals surface area contributed by atoms with Crippen LogP contribution in [0.15, 0.2) is 36.4 Å². The van der Waals surface area contributed by atoms with E-state index in [1.54, 1.807) is 0 Å². The van der Waals surface area contributed by atoms with Crippen LogP contribution >= 0.6 is 11.3 Å². The van der Waals surface area contributed by atoms with Crippen LogP contribution in [0.5, 0.6) is 0 Å². The molecule has 0 atom stereocenters. The van der Waals surface area contributed by atoms with E-state index < -0.39 is 0 Å². The lowest BCUT2D eigenvalue weighted by Gasteiger charge is -2.06. The molecule has 1 amide bonds. The summed E-state index contributed by atoms with van der Waals surface area (Å²) in [5.41, 5.74) is 4.82. The highest BCUT2D eigenvalue weighted by molar-refractivity contribution is 7.22. The summed E-state index contributed by atoms with van der Waals surface area (Å²) in [6.45, 7) is 5.95. The van der Waals surface area contributed by atoms with E-state index in [9.17, 15) is 4.79 Å². The molecule has 0 bridgehead atoms. The van der Waals surface area contributed by atoms with Crippen LogP contribution in [0.25, 0.3) is 10.2 Å². The Morgan fingerprint density at radius 3 is 2.67 bits per heavy atom. The molecular weight excluding hydrogens is 280 g/mol. The van der Waals surface area contributed by atoms with Crippen molar-refractivity contribution in [3.05, 3.63) is 58.7 Å². The monoisotopic (exact) mass is 296 g/mol. The number of aromatic nitrogens is 1. The fourth-order valence-electron chi connectivity index (χ4n) is 2.28. The fourth-order valence-corrected chi connectivity index (χ4v) is 3.22. The maximum Gasteiger partial charge on any atom is 0.257 e. The van der Waals surface area contributed by atoms with Gasteiger partial charge in [-0.15, -0.1) is 0 Å². The second-order valence-electron chi connectivity index (χ2n) is 5.21. The minimum atomic E-state index is -0.104. The molecule has 0 saturated heterocycles. The maximum absolute atomic E-state index is 12.4. The fraction of sp³-hybridized carbons (Fsp3) is 0.176. The number of nitrogens with one attached hydrogen (secondary N) is 1. The van der Waals surface area contributed by atoms with Crippen molar-refractivity contribution in [3.8, 4) is 0 Å². The largest absolute Gasteiger partial charge is 0.298 e. The molecule has 0 aliphatic heterocycles. The number of amides is 1. The number of rotatable bonds is 2. The van der Waals surface area contributed by atoms with Gasteiger partial charge in [0.1, 0.15) is 0 Å². The average molecular weight is 296 g/mol. The Morgan fingerprint density at radius 1 is 1.10 bits per heavy atom. The third-order valence-electron chi connectivity index (χ3n) is 3.48. The Labute approximate surface area is 127 Å². The van der Waals surface area contributed by atoms with E-state index in [0.29, 0.717) is 10.7 Å². The quantitative estimate of drug-likeness (QED) is 0.758. The van der Waals surface area contributed by atoms with E-state index in [0.717, 1.165) is 26.9 Å². The first-order valence-corrected chi connectivity index (χ1v) is 7.61. The first-order chi connectivity index (χ1) is 10.0. The van der Waals surface area contributed by atoms with Gasteiger partial charge in [-0.1, -0.05) is 41.2 Å². The summed E-state index contributed by atoms with van der Waals surface area (Å²) in [7, 11) is 0. The number of hydrogen-bond acceptors (Lipinski definition) is 3.